The van der Waals surface area contributed by atoms with E-state index in [4.69, 9.17) is 11.5 Å². The Labute approximate surface area is 152 Å². The molecule has 136 valence electrons. The fraction of sp³-hybridized carbons (Fsp3) is 0.316. The van der Waals surface area contributed by atoms with E-state index >= 15 is 0 Å². The summed E-state index contributed by atoms with van der Waals surface area (Å²) in [6, 6.07) is 10.4. The molecule has 7 nitrogen and oxygen atoms in total. The van der Waals surface area contributed by atoms with Gasteiger partial charge in [0, 0.05) is 32.4 Å². The molecule has 0 aliphatic carbocycles. The van der Waals surface area contributed by atoms with Crippen LogP contribution in [0.2, 0.25) is 0 Å². The van der Waals surface area contributed by atoms with Gasteiger partial charge in [0.05, 0.1) is 5.56 Å². The Hall–Kier alpha value is -2.93. The van der Waals surface area contributed by atoms with Crippen LogP contribution >= 0.6 is 0 Å². The Bertz CT molecular complexity index is 798. The molecule has 1 aliphatic rings. The third kappa shape index (κ3) is 3.67. The number of benzene rings is 1. The quantitative estimate of drug-likeness (QED) is 0.847. The van der Waals surface area contributed by atoms with Crippen LogP contribution in [0.4, 0.5) is 5.82 Å². The minimum Gasteiger partial charge on any atom is -0.365 e. The number of hydrogen-bond donors (Lipinski definition) is 2. The normalized spacial score (nSPS) is 15.6. The predicted octanol–water partition coefficient (Wildman–Crippen LogP) is 0.838. The molecule has 2 amide bonds. The molecule has 4 N–H and O–H groups in total. The number of nitrogens with zero attached hydrogens (tertiary/aromatic N) is 3. The first-order valence-corrected chi connectivity index (χ1v) is 8.58. The molecule has 1 aromatic heterocycles. The molecule has 2 aromatic rings. The zero-order chi connectivity index (χ0) is 18.7. The number of hydrogen-bond acceptors (Lipinski definition) is 5. The molecular weight excluding hydrogens is 330 g/mol. The molecule has 0 radical (unpaired) electrons. The lowest BCUT2D eigenvalue weighted by molar-refractivity contribution is -0.133. The summed E-state index contributed by atoms with van der Waals surface area (Å²) in [5, 5.41) is 0. The summed E-state index contributed by atoms with van der Waals surface area (Å²) in [4.78, 5) is 32.3. The molecule has 0 spiro atoms. The Balaban J connectivity index is 1.66. The standard InChI is InChI=1S/C19H23N5O2/c1-13-4-6-14(7-5-13)16(20)19(26)24-11-9-23(10-12-24)18-15(17(21)25)3-2-8-22-18/h2-8,16H,9-12,20H2,1H3,(H2,21,25). The van der Waals surface area contributed by atoms with Gasteiger partial charge in [0.1, 0.15) is 11.9 Å². The predicted molar refractivity (Wildman–Crippen MR) is 99.7 cm³/mol. The Morgan fingerprint density at radius 3 is 2.35 bits per heavy atom. The lowest BCUT2D eigenvalue weighted by Crippen LogP contribution is -2.51. The number of nitrogens with two attached hydrogens (primary N) is 2. The maximum absolute atomic E-state index is 12.7. The summed E-state index contributed by atoms with van der Waals surface area (Å²) in [5.41, 5.74) is 13.9. The van der Waals surface area contributed by atoms with Crippen LogP contribution in [0.3, 0.4) is 0 Å². The summed E-state index contributed by atoms with van der Waals surface area (Å²) in [5.74, 6) is -0.0346. The first-order chi connectivity index (χ1) is 12.5. The number of carbonyl (C=O) groups excluding carboxylic acids is 2. The van der Waals surface area contributed by atoms with Crippen molar-refractivity contribution >= 4 is 17.6 Å². The van der Waals surface area contributed by atoms with Crippen LogP contribution in [0.5, 0.6) is 0 Å². The van der Waals surface area contributed by atoms with Gasteiger partial charge in [-0.3, -0.25) is 9.59 Å². The van der Waals surface area contributed by atoms with Gasteiger partial charge in [-0.1, -0.05) is 29.8 Å². The molecule has 0 bridgehead atoms. The van der Waals surface area contributed by atoms with Crippen molar-refractivity contribution in [3.63, 3.8) is 0 Å². The molecule has 1 aliphatic heterocycles. The van der Waals surface area contributed by atoms with Gasteiger partial charge in [0.25, 0.3) is 5.91 Å². The molecule has 1 atom stereocenters. The zero-order valence-corrected chi connectivity index (χ0v) is 14.8. The van der Waals surface area contributed by atoms with Gasteiger partial charge in [0.15, 0.2) is 0 Å². The number of piperazine rings is 1. The monoisotopic (exact) mass is 353 g/mol. The second-order valence-electron chi connectivity index (χ2n) is 6.44. The minimum atomic E-state index is -0.668. The summed E-state index contributed by atoms with van der Waals surface area (Å²) in [7, 11) is 0. The average Bonchev–Trinajstić information content (AvgIpc) is 2.67. The third-order valence-corrected chi connectivity index (χ3v) is 4.65. The minimum absolute atomic E-state index is 0.0929. The largest absolute Gasteiger partial charge is 0.365 e. The van der Waals surface area contributed by atoms with Gasteiger partial charge in [-0.05, 0) is 24.6 Å². The van der Waals surface area contributed by atoms with Crippen LogP contribution in [0.15, 0.2) is 42.6 Å². The molecule has 1 aromatic carbocycles. The van der Waals surface area contributed by atoms with Crippen molar-refractivity contribution in [3.8, 4) is 0 Å². The van der Waals surface area contributed by atoms with Crippen molar-refractivity contribution in [2.45, 2.75) is 13.0 Å². The summed E-state index contributed by atoms with van der Waals surface area (Å²) >= 11 is 0. The van der Waals surface area contributed by atoms with Crippen molar-refractivity contribution in [1.82, 2.24) is 9.88 Å². The van der Waals surface area contributed by atoms with Crippen molar-refractivity contribution in [1.29, 1.82) is 0 Å². The highest BCUT2D eigenvalue weighted by Crippen LogP contribution is 2.20. The van der Waals surface area contributed by atoms with Crippen LogP contribution in [-0.2, 0) is 4.79 Å². The van der Waals surface area contributed by atoms with E-state index in [0.29, 0.717) is 37.6 Å². The highest BCUT2D eigenvalue weighted by molar-refractivity contribution is 5.97. The molecule has 1 saturated heterocycles. The number of carbonyl (C=O) groups is 2. The van der Waals surface area contributed by atoms with Crippen LogP contribution in [-0.4, -0.2) is 47.9 Å². The lowest BCUT2D eigenvalue weighted by Gasteiger charge is -2.37. The van der Waals surface area contributed by atoms with E-state index in [1.54, 1.807) is 23.2 Å². The molecule has 26 heavy (non-hydrogen) atoms. The smallest absolute Gasteiger partial charge is 0.252 e. The number of aromatic nitrogens is 1. The second kappa shape index (κ2) is 7.53. The number of anilines is 1. The number of rotatable bonds is 4. The van der Waals surface area contributed by atoms with E-state index in [9.17, 15) is 9.59 Å². The zero-order valence-electron chi connectivity index (χ0n) is 14.8. The summed E-state index contributed by atoms with van der Waals surface area (Å²) in [6.45, 7) is 4.18. The molecule has 0 saturated carbocycles. The van der Waals surface area contributed by atoms with E-state index in [-0.39, 0.29) is 5.91 Å². The maximum atomic E-state index is 12.7. The number of pyridine rings is 1. The average molecular weight is 353 g/mol. The fourth-order valence-electron chi connectivity index (χ4n) is 3.09. The molecular formula is C19H23N5O2. The molecule has 1 fully saturated rings. The van der Waals surface area contributed by atoms with Crippen molar-refractivity contribution in [3.05, 3.63) is 59.3 Å². The van der Waals surface area contributed by atoms with Gasteiger partial charge in [-0.15, -0.1) is 0 Å². The first-order valence-electron chi connectivity index (χ1n) is 8.58. The topological polar surface area (TPSA) is 106 Å². The van der Waals surface area contributed by atoms with Crippen LogP contribution in [0.25, 0.3) is 0 Å². The summed E-state index contributed by atoms with van der Waals surface area (Å²) in [6.07, 6.45) is 1.63. The molecule has 7 heteroatoms. The number of amides is 2. The van der Waals surface area contributed by atoms with Crippen LogP contribution in [0.1, 0.15) is 27.5 Å². The Morgan fingerprint density at radius 2 is 1.73 bits per heavy atom. The van der Waals surface area contributed by atoms with E-state index < -0.39 is 11.9 Å². The van der Waals surface area contributed by atoms with Gasteiger partial charge < -0.3 is 21.3 Å². The van der Waals surface area contributed by atoms with Gasteiger partial charge in [-0.25, -0.2) is 4.98 Å². The van der Waals surface area contributed by atoms with Crippen LogP contribution < -0.4 is 16.4 Å². The first kappa shape index (κ1) is 17.9. The Morgan fingerprint density at radius 1 is 1.08 bits per heavy atom. The SMILES string of the molecule is Cc1ccc(C(N)C(=O)N2CCN(c3ncccc3C(N)=O)CC2)cc1. The second-order valence-corrected chi connectivity index (χ2v) is 6.44. The Kier molecular flexibility index (Phi) is 5.18. The van der Waals surface area contributed by atoms with Crippen molar-refractivity contribution in [2.24, 2.45) is 11.5 Å². The summed E-state index contributed by atoms with van der Waals surface area (Å²) < 4.78 is 0. The van der Waals surface area contributed by atoms with Crippen LogP contribution in [0, 0.1) is 6.92 Å². The maximum Gasteiger partial charge on any atom is 0.252 e. The number of aryl methyl sites for hydroxylation is 1. The van der Waals surface area contributed by atoms with Gasteiger partial charge in [-0.2, -0.15) is 0 Å². The van der Waals surface area contributed by atoms with E-state index in [1.807, 2.05) is 36.1 Å². The van der Waals surface area contributed by atoms with Gasteiger partial charge >= 0.3 is 0 Å². The van der Waals surface area contributed by atoms with E-state index in [0.717, 1.165) is 11.1 Å². The lowest BCUT2D eigenvalue weighted by atomic mass is 10.0. The molecule has 1 unspecified atom stereocenters. The van der Waals surface area contributed by atoms with E-state index in [1.165, 1.54) is 0 Å². The molecule has 3 rings (SSSR count). The highest BCUT2D eigenvalue weighted by atomic mass is 16.2. The van der Waals surface area contributed by atoms with Crippen molar-refractivity contribution in [2.75, 3.05) is 31.1 Å². The number of primary amides is 1. The highest BCUT2D eigenvalue weighted by Gasteiger charge is 2.27. The van der Waals surface area contributed by atoms with Crippen molar-refractivity contribution < 1.29 is 9.59 Å². The van der Waals surface area contributed by atoms with E-state index in [2.05, 4.69) is 4.98 Å². The molecule has 2 heterocycles. The van der Waals surface area contributed by atoms with Gasteiger partial charge in [0.2, 0.25) is 5.91 Å². The fourth-order valence-corrected chi connectivity index (χ4v) is 3.09. The third-order valence-electron chi connectivity index (χ3n) is 4.65.